The third kappa shape index (κ3) is 7.53. The van der Waals surface area contributed by atoms with Crippen molar-refractivity contribution in [2.45, 2.75) is 71.6 Å². The highest BCUT2D eigenvalue weighted by Gasteiger charge is 2.34. The number of primary amides is 1. The van der Waals surface area contributed by atoms with E-state index in [1.165, 1.54) is 18.6 Å². The van der Waals surface area contributed by atoms with Crippen LogP contribution in [0, 0.1) is 5.82 Å². The van der Waals surface area contributed by atoms with E-state index in [-0.39, 0.29) is 41.6 Å². The Morgan fingerprint density at radius 1 is 1.07 bits per heavy atom. The highest BCUT2D eigenvalue weighted by Crippen LogP contribution is 2.31. The van der Waals surface area contributed by atoms with Crippen LogP contribution < -0.4 is 5.73 Å². The summed E-state index contributed by atoms with van der Waals surface area (Å²) in [5.74, 6) is -1.11. The maximum atomic E-state index is 13.2. The highest BCUT2D eigenvalue weighted by molar-refractivity contribution is 5.94. The van der Waals surface area contributed by atoms with Gasteiger partial charge in [-0.25, -0.2) is 9.18 Å². The molecule has 0 spiro atoms. The van der Waals surface area contributed by atoms with E-state index in [1.807, 2.05) is 27.7 Å². The highest BCUT2D eigenvalue weighted by atomic mass is 19.1. The van der Waals surface area contributed by atoms with Crippen LogP contribution in [-0.2, 0) is 17.8 Å². The topological polar surface area (TPSA) is 127 Å². The molecule has 0 saturated carbocycles. The number of hydrogen-bond donors (Lipinski definition) is 2. The summed E-state index contributed by atoms with van der Waals surface area (Å²) >= 11 is 0. The van der Waals surface area contributed by atoms with Gasteiger partial charge in [-0.05, 0) is 69.9 Å². The Labute approximate surface area is 239 Å². The van der Waals surface area contributed by atoms with Crippen LogP contribution in [0.3, 0.4) is 0 Å². The number of fused-ring (bicyclic) bond motifs is 1. The molecule has 0 radical (unpaired) electrons. The SMILES string of the molecule is CC(C)(C)OC(=O)N1CCCCC1.CC1CN(C(=O)c2ccc[nH]2)Cc2c(C(N)=O)nn(Cc3ccc(F)cc3)c21. The first-order chi connectivity index (χ1) is 19.4. The number of rotatable bonds is 4. The van der Waals surface area contributed by atoms with E-state index in [9.17, 15) is 18.8 Å². The third-order valence-electron chi connectivity index (χ3n) is 7.01. The van der Waals surface area contributed by atoms with Crippen LogP contribution in [0.15, 0.2) is 42.6 Å². The summed E-state index contributed by atoms with van der Waals surface area (Å²) in [7, 11) is 0. The summed E-state index contributed by atoms with van der Waals surface area (Å²) in [6.07, 6.45) is 4.99. The van der Waals surface area contributed by atoms with E-state index in [0.29, 0.717) is 24.3 Å². The van der Waals surface area contributed by atoms with Crippen molar-refractivity contribution in [3.8, 4) is 0 Å². The number of amides is 3. The fourth-order valence-corrected chi connectivity index (χ4v) is 5.16. The lowest BCUT2D eigenvalue weighted by Gasteiger charge is -2.31. The van der Waals surface area contributed by atoms with E-state index >= 15 is 0 Å². The molecule has 41 heavy (non-hydrogen) atoms. The fourth-order valence-electron chi connectivity index (χ4n) is 5.16. The predicted molar refractivity (Wildman–Crippen MR) is 152 cm³/mol. The van der Waals surface area contributed by atoms with Crippen molar-refractivity contribution < 1.29 is 23.5 Å². The van der Waals surface area contributed by atoms with Gasteiger partial charge in [-0.3, -0.25) is 14.3 Å². The van der Waals surface area contributed by atoms with E-state index in [4.69, 9.17) is 10.5 Å². The number of aromatic nitrogens is 3. The lowest BCUT2D eigenvalue weighted by atomic mass is 9.95. The van der Waals surface area contributed by atoms with Gasteiger partial charge in [0, 0.05) is 43.0 Å². The van der Waals surface area contributed by atoms with Gasteiger partial charge in [0.1, 0.15) is 17.1 Å². The molecule has 0 bridgehead atoms. The molecule has 220 valence electrons. The van der Waals surface area contributed by atoms with Crippen molar-refractivity contribution in [3.05, 3.63) is 76.6 Å². The number of nitrogens with one attached hydrogen (secondary N) is 1. The Kier molecular flexibility index (Phi) is 9.14. The molecule has 11 heteroatoms. The monoisotopic (exact) mass is 566 g/mol. The van der Waals surface area contributed by atoms with Crippen molar-refractivity contribution in [3.63, 3.8) is 0 Å². The minimum atomic E-state index is -0.629. The molecule has 1 aromatic carbocycles. The largest absolute Gasteiger partial charge is 0.444 e. The van der Waals surface area contributed by atoms with Crippen molar-refractivity contribution in [1.29, 1.82) is 0 Å². The Balaban J connectivity index is 0.000000251. The fraction of sp³-hybridized carbons (Fsp3) is 0.467. The first kappa shape index (κ1) is 29.8. The van der Waals surface area contributed by atoms with Crippen LogP contribution in [0.25, 0.3) is 0 Å². The Hall–Kier alpha value is -4.15. The normalized spacial score (nSPS) is 16.9. The maximum absolute atomic E-state index is 13.2. The van der Waals surface area contributed by atoms with Gasteiger partial charge in [0.15, 0.2) is 5.69 Å². The van der Waals surface area contributed by atoms with Crippen molar-refractivity contribution in [2.75, 3.05) is 19.6 Å². The van der Waals surface area contributed by atoms with Crippen LogP contribution in [0.4, 0.5) is 9.18 Å². The van der Waals surface area contributed by atoms with Gasteiger partial charge in [0.2, 0.25) is 0 Å². The quantitative estimate of drug-likeness (QED) is 0.475. The molecule has 3 N–H and O–H groups in total. The lowest BCUT2D eigenvalue weighted by molar-refractivity contribution is 0.0215. The number of hydrogen-bond acceptors (Lipinski definition) is 5. The van der Waals surface area contributed by atoms with Gasteiger partial charge in [-0.15, -0.1) is 0 Å². The van der Waals surface area contributed by atoms with Crippen LogP contribution in [0.2, 0.25) is 0 Å². The summed E-state index contributed by atoms with van der Waals surface area (Å²) < 4.78 is 20.2. The van der Waals surface area contributed by atoms with Crippen LogP contribution in [0.1, 0.15) is 90.7 Å². The number of carbonyl (C=O) groups is 3. The second-order valence-corrected chi connectivity index (χ2v) is 11.6. The summed E-state index contributed by atoms with van der Waals surface area (Å²) in [5, 5.41) is 4.42. The number of benzene rings is 1. The van der Waals surface area contributed by atoms with Gasteiger partial charge in [-0.2, -0.15) is 5.10 Å². The Morgan fingerprint density at radius 3 is 2.34 bits per heavy atom. The predicted octanol–water partition coefficient (Wildman–Crippen LogP) is 4.66. The molecule has 10 nitrogen and oxygen atoms in total. The molecule has 3 aromatic rings. The zero-order valence-electron chi connectivity index (χ0n) is 24.2. The molecule has 1 atom stereocenters. The lowest BCUT2D eigenvalue weighted by Crippen LogP contribution is -2.39. The standard InChI is InChI=1S/C20H20FN5O2.C10H19NO2/c1-12-9-25(20(28)16-3-2-8-23-16)11-15-17(19(22)27)24-26(18(12)15)10-13-4-6-14(21)7-5-13;1-10(2,3)13-9(12)11-7-5-4-6-8-11/h2-8,12,23H,9-11H2,1H3,(H2,22,27);4-8H2,1-3H3. The molecule has 3 amide bonds. The number of halogens is 1. The van der Waals surface area contributed by atoms with Crippen LogP contribution in [-0.4, -0.2) is 67.7 Å². The average molecular weight is 567 g/mol. The van der Waals surface area contributed by atoms with Crippen LogP contribution in [0.5, 0.6) is 0 Å². The minimum Gasteiger partial charge on any atom is -0.444 e. The number of nitrogens with zero attached hydrogens (tertiary/aromatic N) is 4. The minimum absolute atomic E-state index is 0.0382. The van der Waals surface area contributed by atoms with E-state index in [0.717, 1.165) is 37.2 Å². The van der Waals surface area contributed by atoms with Gasteiger partial charge >= 0.3 is 6.09 Å². The maximum Gasteiger partial charge on any atom is 0.410 e. The number of likely N-dealkylation sites (tertiary alicyclic amines) is 1. The van der Waals surface area contributed by atoms with E-state index in [2.05, 4.69) is 10.1 Å². The number of carbonyl (C=O) groups excluding carboxylic acids is 3. The molecule has 2 aliphatic heterocycles. The first-order valence-electron chi connectivity index (χ1n) is 14.0. The number of nitrogens with two attached hydrogens (primary N) is 1. The first-order valence-corrected chi connectivity index (χ1v) is 14.0. The molecule has 1 fully saturated rings. The van der Waals surface area contributed by atoms with Crippen LogP contribution >= 0.6 is 0 Å². The Bertz CT molecular complexity index is 1350. The van der Waals surface area contributed by atoms with Crippen molar-refractivity contribution in [2.24, 2.45) is 5.73 Å². The zero-order chi connectivity index (χ0) is 29.7. The second-order valence-electron chi connectivity index (χ2n) is 11.6. The molecule has 2 aromatic heterocycles. The van der Waals surface area contributed by atoms with Gasteiger partial charge in [0.05, 0.1) is 13.1 Å². The summed E-state index contributed by atoms with van der Waals surface area (Å²) in [5.41, 5.74) is 8.27. The summed E-state index contributed by atoms with van der Waals surface area (Å²) in [4.78, 5) is 42.7. The molecule has 0 aliphatic carbocycles. The second kappa shape index (κ2) is 12.6. The molecule has 1 saturated heterocycles. The average Bonchev–Trinajstić information content (AvgIpc) is 3.59. The molecule has 5 rings (SSSR count). The molecule has 4 heterocycles. The number of aromatic amines is 1. The summed E-state index contributed by atoms with van der Waals surface area (Å²) in [6.45, 7) is 10.5. The molecular weight excluding hydrogens is 527 g/mol. The zero-order valence-corrected chi connectivity index (χ0v) is 24.2. The smallest absolute Gasteiger partial charge is 0.410 e. The van der Waals surface area contributed by atoms with E-state index < -0.39 is 5.91 Å². The van der Waals surface area contributed by atoms with Gasteiger partial charge in [-0.1, -0.05) is 19.1 Å². The number of ether oxygens (including phenoxy) is 1. The third-order valence-corrected chi connectivity index (χ3v) is 7.01. The molecule has 1 unspecified atom stereocenters. The van der Waals surface area contributed by atoms with Crippen molar-refractivity contribution in [1.82, 2.24) is 24.6 Å². The van der Waals surface area contributed by atoms with Crippen molar-refractivity contribution >= 4 is 17.9 Å². The number of H-pyrrole nitrogens is 1. The molecular formula is C30H39FN6O4. The molecule has 2 aliphatic rings. The number of piperidine rings is 1. The van der Waals surface area contributed by atoms with Gasteiger partial charge < -0.3 is 25.3 Å². The Morgan fingerprint density at radius 2 is 1.76 bits per heavy atom. The van der Waals surface area contributed by atoms with E-state index in [1.54, 1.807) is 44.9 Å². The van der Waals surface area contributed by atoms with Gasteiger partial charge in [0.25, 0.3) is 11.8 Å². The summed E-state index contributed by atoms with van der Waals surface area (Å²) in [6, 6.07) is 9.63.